The van der Waals surface area contributed by atoms with Crippen molar-refractivity contribution in [3.63, 3.8) is 0 Å². The van der Waals surface area contributed by atoms with E-state index in [4.69, 9.17) is 11.6 Å². The summed E-state index contributed by atoms with van der Waals surface area (Å²) in [6, 6.07) is 19.7. The van der Waals surface area contributed by atoms with Crippen molar-refractivity contribution < 1.29 is 18.0 Å². The summed E-state index contributed by atoms with van der Waals surface area (Å²) < 4.78 is 28.9. The van der Waals surface area contributed by atoms with E-state index in [0.29, 0.717) is 22.8 Å². The maximum atomic E-state index is 14.0. The number of sulfonamides is 1. The zero-order valence-corrected chi connectivity index (χ0v) is 24.6. The Bertz CT molecular complexity index is 1410. The first-order valence-electron chi connectivity index (χ1n) is 12.9. The number of hydrogen-bond acceptors (Lipinski definition) is 4. The summed E-state index contributed by atoms with van der Waals surface area (Å²) in [4.78, 5) is 28.5. The van der Waals surface area contributed by atoms with E-state index in [1.54, 1.807) is 62.4 Å². The number of hydrogen-bond donors (Lipinski definition) is 1. The summed E-state index contributed by atoms with van der Waals surface area (Å²) in [5, 5.41) is 3.38. The minimum atomic E-state index is -4.10. The number of aryl methyl sites for hydroxylation is 2. The predicted molar refractivity (Wildman–Crippen MR) is 156 cm³/mol. The fourth-order valence-electron chi connectivity index (χ4n) is 4.06. The smallest absolute Gasteiger partial charge is 0.264 e. The molecule has 0 saturated heterocycles. The number of carbonyl (C=O) groups is 2. The molecule has 0 heterocycles. The lowest BCUT2D eigenvalue weighted by molar-refractivity contribution is -0.139. The summed E-state index contributed by atoms with van der Waals surface area (Å²) >= 11 is 6.18. The molecule has 3 aromatic carbocycles. The number of halogens is 1. The lowest BCUT2D eigenvalue weighted by Crippen LogP contribution is -2.51. The third-order valence-electron chi connectivity index (χ3n) is 6.37. The lowest BCUT2D eigenvalue weighted by atomic mass is 10.1. The van der Waals surface area contributed by atoms with Gasteiger partial charge in [0, 0.05) is 18.1 Å². The molecule has 0 spiro atoms. The Balaban J connectivity index is 2.02. The van der Waals surface area contributed by atoms with Gasteiger partial charge in [-0.3, -0.25) is 13.9 Å². The number of para-hydroxylation sites is 1. The SMILES string of the molecule is Cc1ccc(S(=O)(=O)N(CC(=O)N(Cc2cccc(Cl)c2)[C@@H](C)C(=O)NCC(C)C)c2ccccc2C)cc1. The molecule has 0 aliphatic heterocycles. The van der Waals surface area contributed by atoms with Gasteiger partial charge in [0.15, 0.2) is 0 Å². The molecule has 208 valence electrons. The number of benzene rings is 3. The maximum absolute atomic E-state index is 14.0. The number of nitrogens with zero attached hydrogens (tertiary/aromatic N) is 2. The zero-order valence-electron chi connectivity index (χ0n) is 23.0. The Kier molecular flexibility index (Phi) is 10.2. The van der Waals surface area contributed by atoms with Crippen molar-refractivity contribution in [2.45, 2.75) is 52.1 Å². The Morgan fingerprint density at radius 2 is 1.59 bits per heavy atom. The Hall–Kier alpha value is -3.36. The van der Waals surface area contributed by atoms with Crippen LogP contribution in [0.25, 0.3) is 0 Å². The third kappa shape index (κ3) is 7.83. The highest BCUT2D eigenvalue weighted by Crippen LogP contribution is 2.27. The molecule has 0 aromatic heterocycles. The molecule has 0 saturated carbocycles. The fraction of sp³-hybridized carbons (Fsp3) is 0.333. The second-order valence-electron chi connectivity index (χ2n) is 10.1. The fourth-order valence-corrected chi connectivity index (χ4v) is 5.75. The number of carbonyl (C=O) groups excluding carboxylic acids is 2. The second kappa shape index (κ2) is 13.1. The molecule has 7 nitrogen and oxygen atoms in total. The molecular formula is C30H36ClN3O4S. The molecule has 2 amide bonds. The first-order chi connectivity index (χ1) is 18.4. The second-order valence-corrected chi connectivity index (χ2v) is 12.4. The first-order valence-corrected chi connectivity index (χ1v) is 14.7. The number of anilines is 1. The van der Waals surface area contributed by atoms with Gasteiger partial charge in [-0.05, 0) is 68.1 Å². The lowest BCUT2D eigenvalue weighted by Gasteiger charge is -2.32. The molecule has 9 heteroatoms. The van der Waals surface area contributed by atoms with Crippen LogP contribution in [0, 0.1) is 19.8 Å². The molecule has 0 fully saturated rings. The van der Waals surface area contributed by atoms with Crippen LogP contribution in [0.15, 0.2) is 77.7 Å². The summed E-state index contributed by atoms with van der Waals surface area (Å²) in [5.74, 6) is -0.599. The average Bonchev–Trinajstić information content (AvgIpc) is 2.89. The molecule has 3 rings (SSSR count). The van der Waals surface area contributed by atoms with Gasteiger partial charge >= 0.3 is 0 Å². The van der Waals surface area contributed by atoms with Gasteiger partial charge in [0.05, 0.1) is 10.6 Å². The van der Waals surface area contributed by atoms with E-state index >= 15 is 0 Å². The molecule has 1 atom stereocenters. The zero-order chi connectivity index (χ0) is 28.7. The summed E-state index contributed by atoms with van der Waals surface area (Å²) in [6.07, 6.45) is 0. The normalized spacial score (nSPS) is 12.2. The molecule has 0 unspecified atom stereocenters. The van der Waals surface area contributed by atoms with Crippen molar-refractivity contribution in [3.05, 3.63) is 94.5 Å². The van der Waals surface area contributed by atoms with Crippen LogP contribution < -0.4 is 9.62 Å². The van der Waals surface area contributed by atoms with Crippen molar-refractivity contribution >= 4 is 39.1 Å². The van der Waals surface area contributed by atoms with Crippen LogP contribution in [0.4, 0.5) is 5.69 Å². The molecule has 0 aliphatic rings. The van der Waals surface area contributed by atoms with Gasteiger partial charge < -0.3 is 10.2 Å². The predicted octanol–water partition coefficient (Wildman–Crippen LogP) is 5.34. The molecule has 0 bridgehead atoms. The van der Waals surface area contributed by atoms with E-state index in [2.05, 4.69) is 5.32 Å². The summed E-state index contributed by atoms with van der Waals surface area (Å²) in [5.41, 5.74) is 2.74. The number of nitrogens with one attached hydrogen (secondary N) is 1. The maximum Gasteiger partial charge on any atom is 0.264 e. The van der Waals surface area contributed by atoms with Crippen LogP contribution in [0.3, 0.4) is 0 Å². The average molecular weight is 570 g/mol. The molecule has 0 aliphatic carbocycles. The minimum absolute atomic E-state index is 0.0771. The van der Waals surface area contributed by atoms with E-state index in [1.165, 1.54) is 17.0 Å². The van der Waals surface area contributed by atoms with Gasteiger partial charge in [0.1, 0.15) is 12.6 Å². The van der Waals surface area contributed by atoms with Crippen LogP contribution in [-0.4, -0.2) is 44.3 Å². The van der Waals surface area contributed by atoms with Gasteiger partial charge in [0.2, 0.25) is 11.8 Å². The van der Waals surface area contributed by atoms with Crippen LogP contribution >= 0.6 is 11.6 Å². The van der Waals surface area contributed by atoms with Crippen molar-refractivity contribution in [2.24, 2.45) is 5.92 Å². The van der Waals surface area contributed by atoms with Crippen molar-refractivity contribution in [3.8, 4) is 0 Å². The Labute approximate surface area is 236 Å². The van der Waals surface area contributed by atoms with Crippen molar-refractivity contribution in [1.29, 1.82) is 0 Å². The van der Waals surface area contributed by atoms with Crippen molar-refractivity contribution in [2.75, 3.05) is 17.4 Å². The van der Waals surface area contributed by atoms with E-state index in [9.17, 15) is 18.0 Å². The van der Waals surface area contributed by atoms with Gasteiger partial charge in [-0.25, -0.2) is 8.42 Å². The molecular weight excluding hydrogens is 534 g/mol. The van der Waals surface area contributed by atoms with Crippen LogP contribution in [0.1, 0.15) is 37.5 Å². The highest BCUT2D eigenvalue weighted by molar-refractivity contribution is 7.92. The standard InChI is InChI=1S/C30H36ClN3O4S/c1-21(2)18-32-30(36)24(5)33(19-25-10-8-11-26(31)17-25)29(35)20-34(28-12-7-6-9-23(28)4)39(37,38)27-15-13-22(3)14-16-27/h6-17,21,24H,18-20H2,1-5H3,(H,32,36)/t24-/m0/s1. The van der Waals surface area contributed by atoms with Gasteiger partial charge in [-0.15, -0.1) is 0 Å². The van der Waals surface area contributed by atoms with Gasteiger partial charge in [-0.1, -0.05) is 73.5 Å². The highest BCUT2D eigenvalue weighted by Gasteiger charge is 2.33. The third-order valence-corrected chi connectivity index (χ3v) is 8.37. The van der Waals surface area contributed by atoms with Gasteiger partial charge in [0.25, 0.3) is 10.0 Å². The molecule has 39 heavy (non-hydrogen) atoms. The van der Waals surface area contributed by atoms with Crippen molar-refractivity contribution in [1.82, 2.24) is 10.2 Å². The van der Waals surface area contributed by atoms with E-state index in [0.717, 1.165) is 15.4 Å². The molecule has 0 radical (unpaired) electrons. The van der Waals surface area contributed by atoms with Gasteiger partial charge in [-0.2, -0.15) is 0 Å². The Morgan fingerprint density at radius 3 is 2.21 bits per heavy atom. The quantitative estimate of drug-likeness (QED) is 0.338. The van der Waals surface area contributed by atoms with E-state index in [-0.39, 0.29) is 23.3 Å². The Morgan fingerprint density at radius 1 is 0.923 bits per heavy atom. The van der Waals surface area contributed by atoms with Crippen LogP contribution in [0.2, 0.25) is 5.02 Å². The number of amides is 2. The van der Waals surface area contributed by atoms with Crippen LogP contribution in [0.5, 0.6) is 0 Å². The largest absolute Gasteiger partial charge is 0.354 e. The highest BCUT2D eigenvalue weighted by atomic mass is 35.5. The first kappa shape index (κ1) is 30.2. The monoisotopic (exact) mass is 569 g/mol. The van der Waals surface area contributed by atoms with Crippen LogP contribution in [-0.2, 0) is 26.2 Å². The summed E-state index contributed by atoms with van der Waals surface area (Å²) in [6.45, 7) is 9.34. The number of rotatable bonds is 11. The molecule has 1 N–H and O–H groups in total. The topological polar surface area (TPSA) is 86.8 Å². The van der Waals surface area contributed by atoms with E-state index < -0.39 is 28.5 Å². The van der Waals surface area contributed by atoms with E-state index in [1.807, 2.05) is 32.9 Å². The molecule has 3 aromatic rings. The minimum Gasteiger partial charge on any atom is -0.354 e. The summed E-state index contributed by atoms with van der Waals surface area (Å²) in [7, 11) is -4.10.